The van der Waals surface area contributed by atoms with Crippen molar-refractivity contribution in [3.05, 3.63) is 103 Å². The van der Waals surface area contributed by atoms with Crippen molar-refractivity contribution in [3.63, 3.8) is 0 Å². The van der Waals surface area contributed by atoms with Crippen molar-refractivity contribution in [3.8, 4) is 34.1 Å². The first-order valence-corrected chi connectivity index (χ1v) is 14.9. The van der Waals surface area contributed by atoms with Crippen molar-refractivity contribution in [1.82, 2.24) is 19.5 Å². The van der Waals surface area contributed by atoms with Gasteiger partial charge in [0.1, 0.15) is 24.3 Å². The molecule has 0 amide bonds. The highest BCUT2D eigenvalue weighted by Crippen LogP contribution is 2.40. The van der Waals surface area contributed by atoms with E-state index in [1.54, 1.807) is 62.0 Å². The van der Waals surface area contributed by atoms with E-state index in [0.29, 0.717) is 54.7 Å². The molecule has 0 fully saturated rings. The second kappa shape index (κ2) is 11.7. The first-order chi connectivity index (χ1) is 21.2. The standard InChI is InChI=1S/C32H21Cl2N5O4S/c1-16-10-22(30-29(37-16)24(15-44-30)32(41)42)21-11-19(33)5-6-26(21)43-9-8-39-17(2)38-25-12-20(18-4-3-7-36-14-18)28(34)23(13-35)27(25)31(39)40/h3-7,10-12,14-15H,8-9H2,1-2H3,(H,41,42). The Kier molecular flexibility index (Phi) is 7.78. The van der Waals surface area contributed by atoms with Crippen LogP contribution in [0.1, 0.15) is 27.4 Å². The number of aryl methyl sites for hydroxylation is 2. The maximum absolute atomic E-state index is 13.7. The maximum atomic E-state index is 13.7. The van der Waals surface area contributed by atoms with Crippen molar-refractivity contribution in [2.45, 2.75) is 20.4 Å². The number of aromatic nitrogens is 4. The molecule has 0 aliphatic heterocycles. The molecular weight excluding hydrogens is 621 g/mol. The van der Waals surface area contributed by atoms with E-state index in [0.717, 1.165) is 5.56 Å². The summed E-state index contributed by atoms with van der Waals surface area (Å²) >= 11 is 14.3. The van der Waals surface area contributed by atoms with E-state index in [4.69, 9.17) is 27.9 Å². The SMILES string of the molecule is Cc1cc(-c2cc(Cl)ccc2OCCn2c(C)nc3cc(-c4cccnc4)c(Cl)c(C#N)c3c2=O)c2scc(C(=O)O)c2n1. The number of thiophene rings is 1. The molecule has 44 heavy (non-hydrogen) atoms. The van der Waals surface area contributed by atoms with Crippen LogP contribution in [0.3, 0.4) is 0 Å². The van der Waals surface area contributed by atoms with Gasteiger partial charge in [-0.25, -0.2) is 9.78 Å². The minimum Gasteiger partial charge on any atom is -0.491 e. The summed E-state index contributed by atoms with van der Waals surface area (Å²) in [6.07, 6.45) is 3.27. The van der Waals surface area contributed by atoms with E-state index >= 15 is 0 Å². The Hall–Kier alpha value is -4.82. The average Bonchev–Trinajstić information content (AvgIpc) is 3.43. The zero-order chi connectivity index (χ0) is 31.1. The molecule has 218 valence electrons. The first-order valence-electron chi connectivity index (χ1n) is 13.3. The molecule has 0 saturated heterocycles. The number of fused-ring (bicyclic) bond motifs is 2. The number of hydrogen-bond acceptors (Lipinski definition) is 8. The van der Waals surface area contributed by atoms with Gasteiger partial charge in [0.05, 0.1) is 43.8 Å². The molecule has 0 unspecified atom stereocenters. The van der Waals surface area contributed by atoms with Gasteiger partial charge in [0.25, 0.3) is 5.56 Å². The quantitative estimate of drug-likeness (QED) is 0.192. The fourth-order valence-electron chi connectivity index (χ4n) is 5.14. The molecule has 1 N–H and O–H groups in total. The molecule has 0 saturated carbocycles. The number of carboxylic acid groups (broad SMARTS) is 1. The van der Waals surface area contributed by atoms with Crippen LogP contribution < -0.4 is 10.3 Å². The molecule has 4 heterocycles. The predicted molar refractivity (Wildman–Crippen MR) is 171 cm³/mol. The summed E-state index contributed by atoms with van der Waals surface area (Å²) in [5.74, 6) is -0.119. The lowest BCUT2D eigenvalue weighted by molar-refractivity contribution is 0.0699. The van der Waals surface area contributed by atoms with E-state index in [1.165, 1.54) is 15.9 Å². The lowest BCUT2D eigenvalue weighted by atomic mass is 10.0. The van der Waals surface area contributed by atoms with Gasteiger partial charge in [-0.15, -0.1) is 11.3 Å². The largest absolute Gasteiger partial charge is 0.491 e. The minimum absolute atomic E-state index is 0.0453. The monoisotopic (exact) mass is 641 g/mol. The molecule has 12 heteroatoms. The van der Waals surface area contributed by atoms with Crippen molar-refractivity contribution >= 4 is 61.6 Å². The predicted octanol–water partition coefficient (Wildman–Crippen LogP) is 7.31. The van der Waals surface area contributed by atoms with Crippen LogP contribution in [0.4, 0.5) is 0 Å². The van der Waals surface area contributed by atoms with Crippen LogP contribution in [0.15, 0.2) is 65.0 Å². The van der Waals surface area contributed by atoms with Crippen LogP contribution in [0, 0.1) is 25.2 Å². The third-order valence-corrected chi connectivity index (χ3v) is 8.78. The molecule has 2 aromatic carbocycles. The summed E-state index contributed by atoms with van der Waals surface area (Å²) in [7, 11) is 0. The number of hydrogen-bond donors (Lipinski definition) is 1. The Bertz CT molecular complexity index is 2230. The topological polar surface area (TPSA) is 131 Å². The van der Waals surface area contributed by atoms with Gasteiger partial charge in [-0.1, -0.05) is 29.3 Å². The minimum atomic E-state index is -1.05. The molecule has 9 nitrogen and oxygen atoms in total. The summed E-state index contributed by atoms with van der Waals surface area (Å²) in [6.45, 7) is 3.73. The zero-order valence-corrected chi connectivity index (χ0v) is 25.6. The number of pyridine rings is 2. The summed E-state index contributed by atoms with van der Waals surface area (Å²) in [4.78, 5) is 38.7. The van der Waals surface area contributed by atoms with E-state index < -0.39 is 11.5 Å². The third-order valence-electron chi connectivity index (χ3n) is 7.14. The molecular formula is C32H21Cl2N5O4S. The number of aromatic carboxylic acids is 1. The zero-order valence-electron chi connectivity index (χ0n) is 23.3. The number of nitrogens with zero attached hydrogens (tertiary/aromatic N) is 5. The molecule has 0 aliphatic rings. The summed E-state index contributed by atoms with van der Waals surface area (Å²) < 4.78 is 8.34. The molecule has 0 aliphatic carbocycles. The van der Waals surface area contributed by atoms with Gasteiger partial charge in [0.2, 0.25) is 0 Å². The maximum Gasteiger partial charge on any atom is 0.338 e. The van der Waals surface area contributed by atoms with Crippen molar-refractivity contribution in [2.75, 3.05) is 6.61 Å². The number of nitriles is 1. The van der Waals surface area contributed by atoms with E-state index in [9.17, 15) is 20.0 Å². The summed E-state index contributed by atoms with van der Waals surface area (Å²) in [5.41, 5.74) is 3.83. The highest BCUT2D eigenvalue weighted by Gasteiger charge is 2.21. The van der Waals surface area contributed by atoms with E-state index in [2.05, 4.69) is 21.0 Å². The highest BCUT2D eigenvalue weighted by molar-refractivity contribution is 7.18. The van der Waals surface area contributed by atoms with Crippen LogP contribution in [0.25, 0.3) is 43.4 Å². The fourth-order valence-corrected chi connectivity index (χ4v) is 6.62. The normalized spacial score (nSPS) is 11.2. The van der Waals surface area contributed by atoms with Gasteiger partial charge in [0, 0.05) is 50.7 Å². The van der Waals surface area contributed by atoms with Crippen molar-refractivity contribution in [2.24, 2.45) is 0 Å². The number of carbonyl (C=O) groups is 1. The van der Waals surface area contributed by atoms with Crippen molar-refractivity contribution in [1.29, 1.82) is 5.26 Å². The number of ether oxygens (including phenoxy) is 1. The number of rotatable bonds is 7. The fraction of sp³-hybridized carbons (Fsp3) is 0.125. The Labute approximate surface area is 264 Å². The summed E-state index contributed by atoms with van der Waals surface area (Å²) in [5, 5.41) is 21.9. The van der Waals surface area contributed by atoms with E-state index in [-0.39, 0.29) is 34.7 Å². The molecule has 0 spiro atoms. The van der Waals surface area contributed by atoms with E-state index in [1.807, 2.05) is 12.1 Å². The van der Waals surface area contributed by atoms with Gasteiger partial charge in [0.15, 0.2) is 0 Å². The first kappa shape index (κ1) is 29.3. The average molecular weight is 643 g/mol. The van der Waals surface area contributed by atoms with Gasteiger partial charge < -0.3 is 9.84 Å². The van der Waals surface area contributed by atoms with Crippen LogP contribution in [-0.4, -0.2) is 37.2 Å². The molecule has 0 atom stereocenters. The van der Waals surface area contributed by atoms with Gasteiger partial charge in [-0.2, -0.15) is 5.26 Å². The molecule has 4 aromatic heterocycles. The summed E-state index contributed by atoms with van der Waals surface area (Å²) in [6, 6.07) is 14.4. The molecule has 6 rings (SSSR count). The number of benzene rings is 2. The van der Waals surface area contributed by atoms with Gasteiger partial charge in [-0.05, 0) is 50.2 Å². The second-order valence-electron chi connectivity index (χ2n) is 9.91. The smallest absolute Gasteiger partial charge is 0.338 e. The highest BCUT2D eigenvalue weighted by atomic mass is 35.5. The number of halogens is 2. The van der Waals surface area contributed by atoms with Crippen LogP contribution >= 0.6 is 34.5 Å². The van der Waals surface area contributed by atoms with Crippen molar-refractivity contribution < 1.29 is 14.6 Å². The lowest BCUT2D eigenvalue weighted by Crippen LogP contribution is -2.27. The second-order valence-corrected chi connectivity index (χ2v) is 11.6. The van der Waals surface area contributed by atoms with Gasteiger partial charge in [-0.3, -0.25) is 19.3 Å². The van der Waals surface area contributed by atoms with Gasteiger partial charge >= 0.3 is 5.97 Å². The molecule has 6 aromatic rings. The Morgan fingerprint density at radius 1 is 1.11 bits per heavy atom. The Morgan fingerprint density at radius 2 is 1.93 bits per heavy atom. The number of carboxylic acids is 1. The van der Waals surface area contributed by atoms with Crippen LogP contribution in [0.5, 0.6) is 5.75 Å². The molecule has 0 radical (unpaired) electrons. The third kappa shape index (κ3) is 5.15. The lowest BCUT2D eigenvalue weighted by Gasteiger charge is -2.16. The van der Waals surface area contributed by atoms with Crippen LogP contribution in [0.2, 0.25) is 10.0 Å². The Balaban J connectivity index is 1.36. The molecule has 0 bridgehead atoms. The van der Waals surface area contributed by atoms with Crippen LogP contribution in [-0.2, 0) is 6.54 Å². The Morgan fingerprint density at radius 3 is 2.66 bits per heavy atom.